The van der Waals surface area contributed by atoms with Gasteiger partial charge in [0, 0.05) is 11.8 Å². The first-order valence-electron chi connectivity index (χ1n) is 7.15. The third kappa shape index (κ3) is 2.72. The van der Waals surface area contributed by atoms with Crippen molar-refractivity contribution in [1.82, 2.24) is 4.90 Å². The van der Waals surface area contributed by atoms with Gasteiger partial charge in [0.2, 0.25) is 5.91 Å². The van der Waals surface area contributed by atoms with E-state index in [2.05, 4.69) is 10.2 Å². The van der Waals surface area contributed by atoms with Gasteiger partial charge in [-0.25, -0.2) is 0 Å². The van der Waals surface area contributed by atoms with Gasteiger partial charge >= 0.3 is 0 Å². The first-order chi connectivity index (χ1) is 9.74. The highest BCUT2D eigenvalue weighted by Gasteiger charge is 2.26. The number of ether oxygens (including phenoxy) is 2. The third-order valence-electron chi connectivity index (χ3n) is 3.88. The van der Waals surface area contributed by atoms with Crippen molar-refractivity contribution in [2.45, 2.75) is 25.3 Å². The zero-order valence-corrected chi connectivity index (χ0v) is 11.7. The van der Waals surface area contributed by atoms with Gasteiger partial charge in [-0.15, -0.1) is 0 Å². The number of hydrogen-bond acceptors (Lipinski definition) is 4. The van der Waals surface area contributed by atoms with Crippen LogP contribution in [0.15, 0.2) is 18.2 Å². The van der Waals surface area contributed by atoms with Gasteiger partial charge in [0.25, 0.3) is 0 Å². The van der Waals surface area contributed by atoms with Crippen LogP contribution in [0.4, 0.5) is 5.69 Å². The normalized spacial score (nSPS) is 22.4. The molecule has 2 heterocycles. The van der Waals surface area contributed by atoms with Crippen LogP contribution in [0.3, 0.4) is 0 Å². The summed E-state index contributed by atoms with van der Waals surface area (Å²) in [5.41, 5.74) is 0.762. The Morgan fingerprint density at radius 1 is 1.25 bits per heavy atom. The van der Waals surface area contributed by atoms with E-state index in [9.17, 15) is 4.79 Å². The molecule has 0 radical (unpaired) electrons. The molecule has 5 nitrogen and oxygen atoms in total. The van der Waals surface area contributed by atoms with Crippen LogP contribution in [-0.4, -0.2) is 43.7 Å². The molecule has 3 rings (SSSR count). The van der Waals surface area contributed by atoms with E-state index in [-0.39, 0.29) is 11.9 Å². The van der Waals surface area contributed by atoms with E-state index >= 15 is 0 Å². The molecule has 1 atom stereocenters. The van der Waals surface area contributed by atoms with E-state index in [1.54, 1.807) is 0 Å². The van der Waals surface area contributed by atoms with Crippen molar-refractivity contribution < 1.29 is 14.3 Å². The number of anilines is 1. The van der Waals surface area contributed by atoms with E-state index in [1.807, 2.05) is 25.2 Å². The molecular weight excluding hydrogens is 256 g/mol. The summed E-state index contributed by atoms with van der Waals surface area (Å²) in [6.07, 6.45) is 3.21. The summed E-state index contributed by atoms with van der Waals surface area (Å²) in [7, 11) is 2.01. The number of likely N-dealkylation sites (tertiary alicyclic amines) is 1. The summed E-state index contributed by atoms with van der Waals surface area (Å²) in [5.74, 6) is 1.50. The molecule has 0 spiro atoms. The van der Waals surface area contributed by atoms with E-state index < -0.39 is 0 Å². The van der Waals surface area contributed by atoms with E-state index in [4.69, 9.17) is 9.47 Å². The van der Waals surface area contributed by atoms with Crippen molar-refractivity contribution in [3.63, 3.8) is 0 Å². The number of nitrogens with zero attached hydrogens (tertiary/aromatic N) is 1. The third-order valence-corrected chi connectivity index (χ3v) is 3.88. The largest absolute Gasteiger partial charge is 0.486 e. The molecule has 1 fully saturated rings. The number of piperidine rings is 1. The number of rotatable bonds is 2. The fraction of sp³-hybridized carbons (Fsp3) is 0.533. The van der Waals surface area contributed by atoms with Gasteiger partial charge in [-0.1, -0.05) is 6.42 Å². The number of carbonyl (C=O) groups is 1. The minimum absolute atomic E-state index is 0.0306. The zero-order valence-electron chi connectivity index (χ0n) is 11.7. The molecule has 0 bridgehead atoms. The van der Waals surface area contributed by atoms with Crippen LogP contribution in [0.2, 0.25) is 0 Å². The highest BCUT2D eigenvalue weighted by atomic mass is 16.6. The van der Waals surface area contributed by atoms with Crippen molar-refractivity contribution in [2.24, 2.45) is 0 Å². The molecule has 1 saturated heterocycles. The lowest BCUT2D eigenvalue weighted by Gasteiger charge is -2.31. The molecule has 1 aromatic carbocycles. The summed E-state index contributed by atoms with van der Waals surface area (Å²) in [6.45, 7) is 2.11. The summed E-state index contributed by atoms with van der Waals surface area (Å²) in [5, 5.41) is 2.98. The zero-order chi connectivity index (χ0) is 13.9. The van der Waals surface area contributed by atoms with Gasteiger partial charge in [-0.3, -0.25) is 9.69 Å². The van der Waals surface area contributed by atoms with Gasteiger partial charge in [0.05, 0.1) is 6.04 Å². The molecule has 2 aliphatic rings. The highest BCUT2D eigenvalue weighted by molar-refractivity contribution is 5.95. The van der Waals surface area contributed by atoms with Crippen molar-refractivity contribution in [2.75, 3.05) is 32.1 Å². The maximum absolute atomic E-state index is 12.3. The molecule has 0 aromatic heterocycles. The molecular formula is C15H20N2O3. The van der Waals surface area contributed by atoms with Gasteiger partial charge in [-0.05, 0) is 38.6 Å². The maximum atomic E-state index is 12.3. The number of amides is 1. The molecule has 0 saturated carbocycles. The Balaban J connectivity index is 1.69. The Morgan fingerprint density at radius 3 is 2.85 bits per heavy atom. The maximum Gasteiger partial charge on any atom is 0.241 e. The number of fused-ring (bicyclic) bond motifs is 1. The lowest BCUT2D eigenvalue weighted by Crippen LogP contribution is -2.44. The van der Waals surface area contributed by atoms with Crippen LogP contribution in [0.5, 0.6) is 11.5 Å². The van der Waals surface area contributed by atoms with Crippen LogP contribution in [0.1, 0.15) is 19.3 Å². The lowest BCUT2D eigenvalue weighted by atomic mass is 10.0. The Kier molecular flexibility index (Phi) is 3.78. The molecule has 20 heavy (non-hydrogen) atoms. The smallest absolute Gasteiger partial charge is 0.241 e. The Bertz CT molecular complexity index is 504. The summed E-state index contributed by atoms with van der Waals surface area (Å²) in [6, 6.07) is 5.50. The Hall–Kier alpha value is -1.75. The van der Waals surface area contributed by atoms with E-state index in [0.717, 1.165) is 30.8 Å². The molecule has 1 unspecified atom stereocenters. The number of nitrogens with one attached hydrogen (secondary N) is 1. The molecule has 108 valence electrons. The molecule has 1 N–H and O–H groups in total. The van der Waals surface area contributed by atoms with Crippen LogP contribution in [-0.2, 0) is 4.79 Å². The average molecular weight is 276 g/mol. The van der Waals surface area contributed by atoms with E-state index in [0.29, 0.717) is 19.0 Å². The van der Waals surface area contributed by atoms with Gasteiger partial charge in [0.1, 0.15) is 13.2 Å². The lowest BCUT2D eigenvalue weighted by molar-refractivity contribution is -0.121. The number of carbonyl (C=O) groups excluding carboxylic acids is 1. The quantitative estimate of drug-likeness (QED) is 0.896. The molecule has 5 heteroatoms. The predicted molar refractivity (Wildman–Crippen MR) is 76.3 cm³/mol. The number of likely N-dealkylation sites (N-methyl/N-ethyl adjacent to an activating group) is 1. The second-order valence-corrected chi connectivity index (χ2v) is 5.34. The second-order valence-electron chi connectivity index (χ2n) is 5.34. The van der Waals surface area contributed by atoms with Crippen LogP contribution in [0.25, 0.3) is 0 Å². The topological polar surface area (TPSA) is 50.8 Å². The molecule has 1 aromatic rings. The van der Waals surface area contributed by atoms with Crippen molar-refractivity contribution in [3.05, 3.63) is 18.2 Å². The fourth-order valence-corrected chi connectivity index (χ4v) is 2.75. The van der Waals surface area contributed by atoms with Crippen molar-refractivity contribution >= 4 is 11.6 Å². The minimum Gasteiger partial charge on any atom is -0.486 e. The minimum atomic E-state index is -0.0306. The summed E-state index contributed by atoms with van der Waals surface area (Å²) in [4.78, 5) is 14.4. The predicted octanol–water partition coefficient (Wildman–Crippen LogP) is 1.88. The first kappa shape index (κ1) is 13.2. The monoisotopic (exact) mass is 276 g/mol. The summed E-state index contributed by atoms with van der Waals surface area (Å²) >= 11 is 0. The average Bonchev–Trinajstić information content (AvgIpc) is 2.47. The highest BCUT2D eigenvalue weighted by Crippen LogP contribution is 2.32. The summed E-state index contributed by atoms with van der Waals surface area (Å²) < 4.78 is 11.0. The number of benzene rings is 1. The van der Waals surface area contributed by atoms with Crippen molar-refractivity contribution in [1.29, 1.82) is 0 Å². The Labute approximate surface area is 118 Å². The van der Waals surface area contributed by atoms with Crippen LogP contribution < -0.4 is 14.8 Å². The van der Waals surface area contributed by atoms with Crippen LogP contribution in [0, 0.1) is 0 Å². The molecule has 0 aliphatic carbocycles. The molecule has 2 aliphatic heterocycles. The SMILES string of the molecule is CN1CCCCC1C(=O)Nc1ccc2c(c1)OCCO2. The number of hydrogen-bond donors (Lipinski definition) is 1. The van der Waals surface area contributed by atoms with Crippen LogP contribution >= 0.6 is 0 Å². The Morgan fingerprint density at radius 2 is 2.05 bits per heavy atom. The van der Waals surface area contributed by atoms with Gasteiger partial charge in [0.15, 0.2) is 11.5 Å². The first-order valence-corrected chi connectivity index (χ1v) is 7.15. The van der Waals surface area contributed by atoms with Gasteiger partial charge in [-0.2, -0.15) is 0 Å². The van der Waals surface area contributed by atoms with E-state index in [1.165, 1.54) is 6.42 Å². The second kappa shape index (κ2) is 5.71. The fourth-order valence-electron chi connectivity index (χ4n) is 2.75. The van der Waals surface area contributed by atoms with Gasteiger partial charge < -0.3 is 14.8 Å². The molecule has 1 amide bonds. The van der Waals surface area contributed by atoms with Crippen molar-refractivity contribution in [3.8, 4) is 11.5 Å². The standard InChI is InChI=1S/C15H20N2O3/c1-17-7-3-2-4-12(17)15(18)16-11-5-6-13-14(10-11)20-9-8-19-13/h5-6,10,12H,2-4,7-9H2,1H3,(H,16,18).